The number of carboxylic acids is 2. The zero-order chi connectivity index (χ0) is 68.7. The van der Waals surface area contributed by atoms with Crippen molar-refractivity contribution in [2.75, 3.05) is 62.8 Å². The van der Waals surface area contributed by atoms with Crippen molar-refractivity contribution in [2.24, 2.45) is 22.2 Å². The number of hydrogen-bond donors (Lipinski definition) is 9. The number of benzene rings is 3. The monoisotopic (exact) mass is 1350 g/mol. The minimum atomic E-state index is -2.00. The lowest BCUT2D eigenvalue weighted by molar-refractivity contribution is -0.271. The van der Waals surface area contributed by atoms with E-state index in [1.807, 2.05) is 59.0 Å². The second-order valence-electron chi connectivity index (χ2n) is 27.5. The third-order valence-electron chi connectivity index (χ3n) is 19.7. The van der Waals surface area contributed by atoms with Crippen LogP contribution in [0.1, 0.15) is 108 Å². The number of aromatic nitrogens is 4. The van der Waals surface area contributed by atoms with Gasteiger partial charge in [-0.2, -0.15) is 5.10 Å². The Bertz CT molecular complexity index is 4010. The number of rotatable bonds is 26. The first kappa shape index (κ1) is 68.2. The summed E-state index contributed by atoms with van der Waals surface area (Å²) in [5.74, 6) is -5.23. The first-order chi connectivity index (χ1) is 46.3. The van der Waals surface area contributed by atoms with E-state index in [1.165, 1.54) is 22.3 Å². The lowest BCUT2D eigenvalue weighted by Gasteiger charge is -2.69. The molecular formula is C69H79N9O18S. The van der Waals surface area contributed by atoms with Crippen molar-refractivity contribution < 1.29 is 88.3 Å². The highest BCUT2D eigenvalue weighted by Crippen LogP contribution is 2.72. The first-order valence-electron chi connectivity index (χ1n) is 32.4. The Morgan fingerprint density at radius 1 is 0.856 bits per heavy atom. The Kier molecular flexibility index (Phi) is 19.4. The number of thiazole rings is 1. The molecule has 6 aromatic rings. The molecule has 6 heterocycles. The van der Waals surface area contributed by atoms with E-state index in [2.05, 4.69) is 29.5 Å². The van der Waals surface area contributed by atoms with Gasteiger partial charge in [-0.25, -0.2) is 24.4 Å². The van der Waals surface area contributed by atoms with Crippen LogP contribution >= 0.6 is 11.3 Å². The van der Waals surface area contributed by atoms with Crippen molar-refractivity contribution in [3.05, 3.63) is 130 Å². The molecule has 4 aliphatic carbocycles. The minimum Gasteiger partial charge on any atom is -0.479 e. The van der Waals surface area contributed by atoms with Crippen LogP contribution in [-0.4, -0.2) is 196 Å². The molecule has 4 bridgehead atoms. The number of pyridine rings is 1. The van der Waals surface area contributed by atoms with Crippen LogP contribution in [0.15, 0.2) is 91.1 Å². The highest BCUT2D eigenvalue weighted by atomic mass is 32.1. The van der Waals surface area contributed by atoms with Gasteiger partial charge in [-0.15, -0.1) is 0 Å². The molecule has 4 saturated carbocycles. The summed E-state index contributed by atoms with van der Waals surface area (Å²) in [6, 6.07) is 21.7. The lowest BCUT2D eigenvalue weighted by atomic mass is 9.39. The second-order valence-corrected chi connectivity index (χ2v) is 28.5. The van der Waals surface area contributed by atoms with Crippen molar-refractivity contribution in [1.82, 2.24) is 34.9 Å². The molecule has 1 saturated heterocycles. The Hall–Kier alpha value is -8.74. The van der Waals surface area contributed by atoms with Gasteiger partial charge in [0.25, 0.3) is 17.7 Å². The molecule has 3 aromatic heterocycles. The number of nitrogens with one attached hydrogen (secondary N) is 2. The van der Waals surface area contributed by atoms with E-state index in [4.69, 9.17) is 29.0 Å². The van der Waals surface area contributed by atoms with Crippen LogP contribution in [0.25, 0.3) is 21.3 Å². The SMILES string of the molecule is Cc1c(-c2ccc(N3CCc4cccc(C(=O)Nc5nc6ccccc6s5)c4C3)nc2C(=O)O)cnn1CC12CC3(C)CC(C)(C1)CC(OCCN(CC(CO)CO)C(=O)OCc1ccc(CCCNC(=O)CN4C(=O)C=CC4=O)cc1O[C@@H]1OC(C(=O)O)[C@@H](O)C(O)[C@H]1O)(C3)C2. The van der Waals surface area contributed by atoms with E-state index in [-0.39, 0.29) is 65.4 Å². The highest BCUT2D eigenvalue weighted by Gasteiger charge is 2.66. The number of carboxylic acid groups (broad SMARTS) is 2. The van der Waals surface area contributed by atoms with E-state index in [0.717, 1.165) is 76.2 Å². The van der Waals surface area contributed by atoms with Crippen LogP contribution in [0.4, 0.5) is 15.7 Å². The lowest BCUT2D eigenvalue weighted by Crippen LogP contribution is -2.64. The number of aryl methyl sites for hydroxylation is 1. The van der Waals surface area contributed by atoms with Gasteiger partial charge in [0.15, 0.2) is 16.9 Å². The Morgan fingerprint density at radius 3 is 2.33 bits per heavy atom. The number of fused-ring (bicyclic) bond motifs is 2. The third kappa shape index (κ3) is 14.5. The number of carbonyl (C=O) groups excluding carboxylic acids is 5. The number of aliphatic hydroxyl groups excluding tert-OH is 5. The summed E-state index contributed by atoms with van der Waals surface area (Å²) in [5.41, 5.74) is 4.52. The summed E-state index contributed by atoms with van der Waals surface area (Å²) in [4.78, 5) is 103. The zero-order valence-electron chi connectivity index (χ0n) is 53.9. The number of hydrogen-bond acceptors (Lipinski definition) is 21. The van der Waals surface area contributed by atoms with E-state index >= 15 is 0 Å². The van der Waals surface area contributed by atoms with Crippen molar-refractivity contribution in [3.63, 3.8) is 0 Å². The van der Waals surface area contributed by atoms with Gasteiger partial charge < -0.3 is 69.8 Å². The normalized spacial score (nSPS) is 25.6. The quantitative estimate of drug-likeness (QED) is 0.0255. The van der Waals surface area contributed by atoms with Gasteiger partial charge in [0.2, 0.25) is 12.2 Å². The molecule has 97 heavy (non-hydrogen) atoms. The average molecular weight is 1350 g/mol. The van der Waals surface area contributed by atoms with Crippen molar-refractivity contribution >= 4 is 74.2 Å². The minimum absolute atomic E-state index is 0.00775. The predicted octanol–water partition coefficient (Wildman–Crippen LogP) is 5.00. The molecule has 13 rings (SSSR count). The van der Waals surface area contributed by atoms with Gasteiger partial charge >= 0.3 is 18.0 Å². The summed E-state index contributed by atoms with van der Waals surface area (Å²) in [7, 11) is 0. The molecule has 4 unspecified atom stereocenters. The molecule has 5 amide bonds. The van der Waals surface area contributed by atoms with E-state index < -0.39 is 104 Å². The Morgan fingerprint density at radius 2 is 1.61 bits per heavy atom. The smallest absolute Gasteiger partial charge is 0.410 e. The molecule has 7 aliphatic rings. The van der Waals surface area contributed by atoms with Crippen LogP contribution < -0.4 is 20.3 Å². The number of carbonyl (C=O) groups is 7. The van der Waals surface area contributed by atoms with Crippen LogP contribution in [0.5, 0.6) is 5.75 Å². The van der Waals surface area contributed by atoms with Gasteiger partial charge in [0.1, 0.15) is 43.0 Å². The molecule has 7 atom stereocenters. The van der Waals surface area contributed by atoms with Crippen LogP contribution in [-0.2, 0) is 65.9 Å². The zero-order valence-corrected chi connectivity index (χ0v) is 54.7. The maximum absolute atomic E-state index is 14.3. The fourth-order valence-electron chi connectivity index (χ4n) is 16.3. The first-order valence-corrected chi connectivity index (χ1v) is 33.3. The summed E-state index contributed by atoms with van der Waals surface area (Å²) >= 11 is 1.40. The largest absolute Gasteiger partial charge is 0.479 e. The van der Waals surface area contributed by atoms with Gasteiger partial charge in [-0.05, 0) is 134 Å². The number of nitrogens with zero attached hydrogens (tertiary/aromatic N) is 7. The number of ether oxygens (including phenoxy) is 4. The summed E-state index contributed by atoms with van der Waals surface area (Å²) < 4.78 is 27.4. The molecule has 514 valence electrons. The van der Waals surface area contributed by atoms with Crippen molar-refractivity contribution in [1.29, 1.82) is 0 Å². The molecule has 0 spiro atoms. The summed E-state index contributed by atoms with van der Waals surface area (Å²) in [6.07, 6.45) is -0.500. The maximum atomic E-state index is 14.3. The number of aliphatic hydroxyl groups is 5. The third-order valence-corrected chi connectivity index (χ3v) is 20.6. The second kappa shape index (κ2) is 27.6. The predicted molar refractivity (Wildman–Crippen MR) is 349 cm³/mol. The number of amides is 5. The fraction of sp³-hybridized carbons (Fsp3) is 0.478. The number of aromatic carboxylic acids is 1. The molecule has 5 fully saturated rings. The number of imide groups is 1. The van der Waals surface area contributed by atoms with E-state index in [0.29, 0.717) is 78.5 Å². The molecule has 28 heteroatoms. The van der Waals surface area contributed by atoms with Crippen molar-refractivity contribution in [2.45, 2.75) is 135 Å². The van der Waals surface area contributed by atoms with Crippen LogP contribution in [0.3, 0.4) is 0 Å². The topological polar surface area (TPSA) is 375 Å². The number of anilines is 2. The van der Waals surface area contributed by atoms with Gasteiger partial charge in [-0.3, -0.25) is 34.1 Å². The summed E-state index contributed by atoms with van der Waals surface area (Å²) in [5, 5.41) is 84.1. The van der Waals surface area contributed by atoms with E-state index in [1.54, 1.807) is 30.5 Å². The molecule has 3 aromatic carbocycles. The molecule has 3 aliphatic heterocycles. The van der Waals surface area contributed by atoms with Crippen LogP contribution in [0.2, 0.25) is 0 Å². The number of para-hydroxylation sites is 1. The Labute approximate surface area is 561 Å². The maximum Gasteiger partial charge on any atom is 0.410 e. The van der Waals surface area contributed by atoms with Gasteiger partial charge in [-0.1, -0.05) is 61.6 Å². The van der Waals surface area contributed by atoms with Crippen molar-refractivity contribution in [3.8, 4) is 16.9 Å². The van der Waals surface area contributed by atoms with Crippen LogP contribution in [0, 0.1) is 29.1 Å². The fourth-order valence-corrected chi connectivity index (χ4v) is 17.2. The number of aliphatic carboxylic acids is 1. The standard InChI is InChI=1S/C69H79N9O18S/c1-39-46(44-15-16-51(73-55(44)61(88)89)75-21-19-42-9-6-10-45(47(42)27-75)60(87)74-64-72-48-11-4-5-12-50(48)97-64)25-71-78(39)38-68-33-66(2)32-67(3,34-68)36-69(35-66,37-68)94-23-22-76(26-41(29-79)30-80)65(92)93-31-43-14-13-40(8-7-20-70-52(81)28-77-53(82)17-18-54(77)83)24-49(43)95-63-58(86)56(84)57(85)59(96-63)62(90)91/h4-6,9-18,24-25,41,56-59,63,79-80,84-86H,7-8,19-23,26-38H2,1-3H3,(H,70,81)(H,88,89)(H,90,91)(H,72,74,87)/t56?,57-,58+,59?,63+,66?,67?,68?,69?/m0/s1. The molecule has 9 N–H and O–H groups in total. The summed E-state index contributed by atoms with van der Waals surface area (Å²) in [6.45, 7) is 6.18. The van der Waals surface area contributed by atoms with Gasteiger partial charge in [0, 0.05) is 98.5 Å². The van der Waals surface area contributed by atoms with Gasteiger partial charge in [0.05, 0.1) is 28.6 Å². The Balaban J connectivity index is 0.717. The molecular weight excluding hydrogens is 1270 g/mol. The highest BCUT2D eigenvalue weighted by molar-refractivity contribution is 7.22. The van der Waals surface area contributed by atoms with E-state index in [9.17, 15) is 69.3 Å². The average Bonchev–Trinajstić information content (AvgIpc) is 1.69. The molecule has 0 radical (unpaired) electrons. The molecule has 27 nitrogen and oxygen atoms in total.